The normalized spacial score (nSPS) is 44.2. The van der Waals surface area contributed by atoms with Gasteiger partial charge in [0.2, 0.25) is 0 Å². The van der Waals surface area contributed by atoms with E-state index in [0.29, 0.717) is 5.41 Å². The Balaban J connectivity index is 1.40. The number of piperidine rings is 2. The van der Waals surface area contributed by atoms with Crippen molar-refractivity contribution in [2.75, 3.05) is 32.7 Å². The molecule has 4 rings (SSSR count). The second-order valence-electron chi connectivity index (χ2n) is 8.02. The maximum atomic E-state index is 3.67. The van der Waals surface area contributed by atoms with Crippen LogP contribution >= 0.6 is 0 Å². The van der Waals surface area contributed by atoms with Crippen LogP contribution in [0.4, 0.5) is 0 Å². The van der Waals surface area contributed by atoms with E-state index in [1.807, 2.05) is 0 Å². The SMILES string of the molecule is CC1CC(N2CCCC3(CCCNC3)C2)CN1C1CC1. The summed E-state index contributed by atoms with van der Waals surface area (Å²) < 4.78 is 0. The van der Waals surface area contributed by atoms with Crippen molar-refractivity contribution in [3.63, 3.8) is 0 Å². The highest BCUT2D eigenvalue weighted by atomic mass is 15.3. The van der Waals surface area contributed by atoms with Crippen molar-refractivity contribution >= 4 is 0 Å². The lowest BCUT2D eigenvalue weighted by Gasteiger charge is -2.47. The van der Waals surface area contributed by atoms with Crippen LogP contribution in [0.2, 0.25) is 0 Å². The minimum atomic E-state index is 0.618. The van der Waals surface area contributed by atoms with Crippen molar-refractivity contribution in [2.45, 2.75) is 70.0 Å². The van der Waals surface area contributed by atoms with Crippen LogP contribution in [0, 0.1) is 5.41 Å². The summed E-state index contributed by atoms with van der Waals surface area (Å²) in [5.41, 5.74) is 0.618. The monoisotopic (exact) mass is 277 g/mol. The lowest BCUT2D eigenvalue weighted by molar-refractivity contribution is 0.0392. The second-order valence-corrected chi connectivity index (χ2v) is 8.02. The van der Waals surface area contributed by atoms with Crippen LogP contribution in [0.3, 0.4) is 0 Å². The molecule has 0 aromatic heterocycles. The summed E-state index contributed by atoms with van der Waals surface area (Å²) in [6.07, 6.45) is 10.1. The molecule has 3 nitrogen and oxygen atoms in total. The molecule has 1 saturated carbocycles. The van der Waals surface area contributed by atoms with E-state index in [1.54, 1.807) is 0 Å². The Morgan fingerprint density at radius 3 is 2.70 bits per heavy atom. The van der Waals surface area contributed by atoms with Crippen molar-refractivity contribution in [3.05, 3.63) is 0 Å². The molecule has 3 aliphatic heterocycles. The minimum absolute atomic E-state index is 0.618. The van der Waals surface area contributed by atoms with Crippen LogP contribution in [0.15, 0.2) is 0 Å². The van der Waals surface area contributed by atoms with Crippen LogP contribution in [0.1, 0.15) is 51.9 Å². The summed E-state index contributed by atoms with van der Waals surface area (Å²) in [4.78, 5) is 5.68. The zero-order chi connectivity index (χ0) is 13.6. The maximum Gasteiger partial charge on any atom is 0.0238 e. The molecule has 4 aliphatic rings. The van der Waals surface area contributed by atoms with Gasteiger partial charge in [0.25, 0.3) is 0 Å². The summed E-state index contributed by atoms with van der Waals surface area (Å²) in [5.74, 6) is 0. The average Bonchev–Trinajstić information content (AvgIpc) is 3.23. The summed E-state index contributed by atoms with van der Waals surface area (Å²) in [6.45, 7) is 9.07. The Morgan fingerprint density at radius 2 is 1.95 bits per heavy atom. The molecule has 1 N–H and O–H groups in total. The van der Waals surface area contributed by atoms with E-state index in [4.69, 9.17) is 0 Å². The van der Waals surface area contributed by atoms with Crippen molar-refractivity contribution in [2.24, 2.45) is 5.41 Å². The van der Waals surface area contributed by atoms with Gasteiger partial charge in [-0.1, -0.05) is 0 Å². The summed E-state index contributed by atoms with van der Waals surface area (Å²) >= 11 is 0. The van der Waals surface area contributed by atoms with Crippen LogP contribution in [0.5, 0.6) is 0 Å². The average molecular weight is 277 g/mol. The van der Waals surface area contributed by atoms with Gasteiger partial charge in [0, 0.05) is 37.8 Å². The van der Waals surface area contributed by atoms with E-state index in [-0.39, 0.29) is 0 Å². The van der Waals surface area contributed by atoms with E-state index in [2.05, 4.69) is 22.0 Å². The van der Waals surface area contributed by atoms with Crippen LogP contribution in [0.25, 0.3) is 0 Å². The first-order chi connectivity index (χ1) is 9.76. The highest BCUT2D eigenvalue weighted by Crippen LogP contribution is 2.40. The third kappa shape index (κ3) is 2.53. The molecule has 1 spiro atoms. The third-order valence-corrected chi connectivity index (χ3v) is 6.38. The van der Waals surface area contributed by atoms with Gasteiger partial charge in [0.15, 0.2) is 0 Å². The van der Waals surface area contributed by atoms with Gasteiger partial charge in [-0.25, -0.2) is 0 Å². The fraction of sp³-hybridized carbons (Fsp3) is 1.00. The zero-order valence-corrected chi connectivity index (χ0v) is 13.1. The lowest BCUT2D eigenvalue weighted by Crippen LogP contribution is -2.54. The third-order valence-electron chi connectivity index (χ3n) is 6.38. The molecule has 3 heteroatoms. The number of hydrogen-bond donors (Lipinski definition) is 1. The maximum absolute atomic E-state index is 3.67. The van der Waals surface area contributed by atoms with Gasteiger partial charge in [-0.2, -0.15) is 0 Å². The molecule has 3 saturated heterocycles. The molecule has 4 fully saturated rings. The van der Waals surface area contributed by atoms with Gasteiger partial charge in [-0.3, -0.25) is 9.80 Å². The largest absolute Gasteiger partial charge is 0.316 e. The molecular formula is C17H31N3. The van der Waals surface area contributed by atoms with Gasteiger partial charge in [0.1, 0.15) is 0 Å². The van der Waals surface area contributed by atoms with Gasteiger partial charge in [0.05, 0.1) is 0 Å². The Kier molecular flexibility index (Phi) is 3.56. The molecule has 0 radical (unpaired) electrons. The Bertz CT molecular complexity index is 341. The van der Waals surface area contributed by atoms with E-state index in [0.717, 1.165) is 18.1 Å². The van der Waals surface area contributed by atoms with E-state index in [1.165, 1.54) is 77.7 Å². The fourth-order valence-electron chi connectivity index (χ4n) is 5.14. The molecule has 3 heterocycles. The number of nitrogens with zero attached hydrogens (tertiary/aromatic N) is 2. The molecule has 0 aromatic rings. The Hall–Kier alpha value is -0.120. The number of likely N-dealkylation sites (tertiary alicyclic amines) is 2. The molecule has 0 aromatic carbocycles. The summed E-state index contributed by atoms with van der Waals surface area (Å²) in [6, 6.07) is 2.63. The molecular weight excluding hydrogens is 246 g/mol. The van der Waals surface area contributed by atoms with Crippen molar-refractivity contribution in [1.82, 2.24) is 15.1 Å². The van der Waals surface area contributed by atoms with Crippen LogP contribution in [-0.4, -0.2) is 60.6 Å². The van der Waals surface area contributed by atoms with Crippen molar-refractivity contribution in [1.29, 1.82) is 0 Å². The highest BCUT2D eigenvalue weighted by Gasteiger charge is 2.44. The van der Waals surface area contributed by atoms with Gasteiger partial charge >= 0.3 is 0 Å². The van der Waals surface area contributed by atoms with Crippen molar-refractivity contribution in [3.8, 4) is 0 Å². The topological polar surface area (TPSA) is 18.5 Å². The van der Waals surface area contributed by atoms with Crippen LogP contribution in [-0.2, 0) is 0 Å². The smallest absolute Gasteiger partial charge is 0.0238 e. The molecule has 3 unspecified atom stereocenters. The van der Waals surface area contributed by atoms with Gasteiger partial charge in [-0.15, -0.1) is 0 Å². The number of rotatable bonds is 2. The van der Waals surface area contributed by atoms with E-state index >= 15 is 0 Å². The number of nitrogens with one attached hydrogen (secondary N) is 1. The predicted molar refractivity (Wildman–Crippen MR) is 82.9 cm³/mol. The summed E-state index contributed by atoms with van der Waals surface area (Å²) in [7, 11) is 0. The van der Waals surface area contributed by atoms with Gasteiger partial charge in [-0.05, 0) is 70.4 Å². The van der Waals surface area contributed by atoms with Gasteiger partial charge < -0.3 is 5.32 Å². The first-order valence-corrected chi connectivity index (χ1v) is 8.96. The summed E-state index contributed by atoms with van der Waals surface area (Å²) in [5, 5.41) is 3.67. The first kappa shape index (κ1) is 13.5. The Morgan fingerprint density at radius 1 is 1.10 bits per heavy atom. The quantitative estimate of drug-likeness (QED) is 0.834. The zero-order valence-electron chi connectivity index (χ0n) is 13.1. The van der Waals surface area contributed by atoms with E-state index in [9.17, 15) is 0 Å². The molecule has 0 amide bonds. The lowest BCUT2D eigenvalue weighted by atomic mass is 9.74. The minimum Gasteiger partial charge on any atom is -0.316 e. The molecule has 3 atom stereocenters. The fourth-order valence-corrected chi connectivity index (χ4v) is 5.14. The highest BCUT2D eigenvalue weighted by molar-refractivity contribution is 5.00. The van der Waals surface area contributed by atoms with Crippen LogP contribution < -0.4 is 5.32 Å². The Labute approximate surface area is 124 Å². The molecule has 114 valence electrons. The molecule has 20 heavy (non-hydrogen) atoms. The molecule has 0 bridgehead atoms. The first-order valence-electron chi connectivity index (χ1n) is 8.96. The predicted octanol–water partition coefficient (Wildman–Crippen LogP) is 2.08. The standard InChI is InChI=1S/C17H31N3/c1-14-10-16(11-20(14)15-4-5-15)19-9-3-7-17(13-19)6-2-8-18-12-17/h14-16,18H,2-13H2,1H3. The van der Waals surface area contributed by atoms with E-state index < -0.39 is 0 Å². The molecule has 1 aliphatic carbocycles. The number of hydrogen-bond acceptors (Lipinski definition) is 3. The second kappa shape index (κ2) is 5.26. The van der Waals surface area contributed by atoms with Crippen molar-refractivity contribution < 1.29 is 0 Å².